The predicted molar refractivity (Wildman–Crippen MR) is 62.9 cm³/mol. The molecule has 1 unspecified atom stereocenters. The van der Waals surface area contributed by atoms with Gasteiger partial charge in [0.25, 0.3) is 0 Å². The molecule has 2 N–H and O–H groups in total. The molecule has 3 rings (SSSR count). The summed E-state index contributed by atoms with van der Waals surface area (Å²) in [6.45, 7) is 4.52. The van der Waals surface area contributed by atoms with E-state index >= 15 is 0 Å². The highest BCUT2D eigenvalue weighted by Gasteiger charge is 2.35. The Bertz CT molecular complexity index is 613. The van der Waals surface area contributed by atoms with Crippen molar-refractivity contribution in [2.24, 2.45) is 5.73 Å². The molecule has 2 atom stereocenters. The van der Waals surface area contributed by atoms with Gasteiger partial charge in [0, 0.05) is 29.6 Å². The Morgan fingerprint density at radius 1 is 1.47 bits per heavy atom. The molecule has 0 bridgehead atoms. The third-order valence-corrected chi connectivity index (χ3v) is 3.93. The van der Waals surface area contributed by atoms with Crippen LogP contribution in [0.3, 0.4) is 0 Å². The summed E-state index contributed by atoms with van der Waals surface area (Å²) in [4.78, 5) is 0. The highest BCUT2D eigenvalue weighted by atomic mass is 19.2. The van der Waals surface area contributed by atoms with Crippen molar-refractivity contribution < 1.29 is 8.78 Å². The molecule has 0 saturated heterocycles. The first-order valence-electron chi connectivity index (χ1n) is 5.67. The summed E-state index contributed by atoms with van der Waals surface area (Å²) in [7, 11) is 0. The van der Waals surface area contributed by atoms with E-state index in [0.717, 1.165) is 11.1 Å². The summed E-state index contributed by atoms with van der Waals surface area (Å²) < 4.78 is 29.1. The molecule has 1 aromatic heterocycles. The Balaban J connectivity index is 2.42. The largest absolute Gasteiger partial charge is 0.345 e. The fourth-order valence-electron chi connectivity index (χ4n) is 2.69. The van der Waals surface area contributed by atoms with E-state index in [1.807, 2.05) is 18.4 Å². The summed E-state index contributed by atoms with van der Waals surface area (Å²) in [6, 6.07) is 2.90. The molecule has 2 heterocycles. The van der Waals surface area contributed by atoms with E-state index in [2.05, 4.69) is 0 Å². The van der Waals surface area contributed by atoms with Gasteiger partial charge in [-0.05, 0) is 24.6 Å². The van der Waals surface area contributed by atoms with Gasteiger partial charge < -0.3 is 10.3 Å². The highest BCUT2D eigenvalue weighted by Crippen LogP contribution is 2.39. The van der Waals surface area contributed by atoms with Crippen LogP contribution in [0.1, 0.15) is 25.3 Å². The van der Waals surface area contributed by atoms with Crippen molar-refractivity contribution in [2.75, 3.05) is 0 Å². The van der Waals surface area contributed by atoms with Crippen molar-refractivity contribution in [1.82, 2.24) is 4.57 Å². The summed E-state index contributed by atoms with van der Waals surface area (Å²) in [5, 5.41) is 0.349. The number of halogens is 2. The minimum atomic E-state index is -0.796. The van der Waals surface area contributed by atoms with Crippen LogP contribution in [0, 0.1) is 11.6 Å². The monoisotopic (exact) mass is 236 g/mol. The van der Waals surface area contributed by atoms with Crippen molar-refractivity contribution in [3.05, 3.63) is 35.5 Å². The average Bonchev–Trinajstić information content (AvgIpc) is 2.65. The maximum Gasteiger partial charge on any atom is 0.168 e. The predicted octanol–water partition coefficient (Wildman–Crippen LogP) is 2.75. The van der Waals surface area contributed by atoms with Gasteiger partial charge in [-0.3, -0.25) is 0 Å². The van der Waals surface area contributed by atoms with Crippen molar-refractivity contribution >= 4 is 10.9 Å². The lowest BCUT2D eigenvalue weighted by atomic mass is 9.79. The summed E-state index contributed by atoms with van der Waals surface area (Å²) >= 11 is 0. The maximum atomic E-state index is 13.7. The summed E-state index contributed by atoms with van der Waals surface area (Å²) in [6.07, 6.45) is 1.77. The lowest BCUT2D eigenvalue weighted by molar-refractivity contribution is 0.330. The molecule has 2 aromatic rings. The van der Waals surface area contributed by atoms with Gasteiger partial charge in [-0.25, -0.2) is 8.78 Å². The van der Waals surface area contributed by atoms with Crippen LogP contribution >= 0.6 is 0 Å². The van der Waals surface area contributed by atoms with Crippen LogP contribution in [0.5, 0.6) is 0 Å². The molecular weight excluding hydrogens is 222 g/mol. The molecule has 0 aliphatic carbocycles. The molecule has 0 fully saturated rings. The quantitative estimate of drug-likeness (QED) is 0.749. The summed E-state index contributed by atoms with van der Waals surface area (Å²) in [5.41, 5.74) is 7.35. The van der Waals surface area contributed by atoms with Crippen LogP contribution in [0.4, 0.5) is 8.78 Å². The standard InChI is InChI=1S/C13H14F2N2/c1-7-9-5-10(14)11(15)8-3-4-17(12(8)9)6-13(7,2)16/h3-5,7H,6,16H2,1-2H3/t7-,13?/m0/s1. The van der Waals surface area contributed by atoms with E-state index in [-0.39, 0.29) is 5.92 Å². The van der Waals surface area contributed by atoms with Crippen molar-refractivity contribution in [2.45, 2.75) is 31.8 Å². The van der Waals surface area contributed by atoms with E-state index in [0.29, 0.717) is 11.9 Å². The van der Waals surface area contributed by atoms with E-state index in [1.54, 1.807) is 12.3 Å². The molecule has 4 heteroatoms. The number of hydrogen-bond donors (Lipinski definition) is 1. The van der Waals surface area contributed by atoms with Gasteiger partial charge in [-0.1, -0.05) is 6.92 Å². The van der Waals surface area contributed by atoms with Crippen LogP contribution in [0.2, 0.25) is 0 Å². The normalized spacial score (nSPS) is 27.7. The van der Waals surface area contributed by atoms with Gasteiger partial charge in [-0.15, -0.1) is 0 Å². The second-order valence-electron chi connectivity index (χ2n) is 5.20. The van der Waals surface area contributed by atoms with Crippen LogP contribution < -0.4 is 5.73 Å². The zero-order chi connectivity index (χ0) is 12.4. The van der Waals surface area contributed by atoms with Gasteiger partial charge in [0.05, 0.1) is 5.52 Å². The zero-order valence-corrected chi connectivity index (χ0v) is 9.80. The average molecular weight is 236 g/mol. The molecule has 0 radical (unpaired) electrons. The van der Waals surface area contributed by atoms with Crippen molar-refractivity contribution in [1.29, 1.82) is 0 Å². The Kier molecular flexibility index (Phi) is 1.94. The molecule has 2 nitrogen and oxygen atoms in total. The highest BCUT2D eigenvalue weighted by molar-refractivity contribution is 5.85. The van der Waals surface area contributed by atoms with Crippen LogP contribution in [-0.4, -0.2) is 10.1 Å². The molecule has 1 aliphatic rings. The first-order chi connectivity index (χ1) is 7.92. The molecule has 0 spiro atoms. The number of benzene rings is 1. The van der Waals surface area contributed by atoms with Gasteiger partial charge in [0.1, 0.15) is 0 Å². The van der Waals surface area contributed by atoms with Crippen molar-refractivity contribution in [3.8, 4) is 0 Å². The zero-order valence-electron chi connectivity index (χ0n) is 9.80. The maximum absolute atomic E-state index is 13.7. The molecule has 90 valence electrons. The van der Waals surface area contributed by atoms with E-state index < -0.39 is 17.2 Å². The molecule has 17 heavy (non-hydrogen) atoms. The second kappa shape index (κ2) is 3.07. The van der Waals surface area contributed by atoms with Gasteiger partial charge in [0.15, 0.2) is 11.6 Å². The molecule has 0 saturated carbocycles. The van der Waals surface area contributed by atoms with Crippen LogP contribution in [0.25, 0.3) is 10.9 Å². The molecule has 1 aliphatic heterocycles. The third-order valence-electron chi connectivity index (χ3n) is 3.93. The van der Waals surface area contributed by atoms with E-state index in [9.17, 15) is 8.78 Å². The first-order valence-corrected chi connectivity index (χ1v) is 5.67. The number of aromatic nitrogens is 1. The van der Waals surface area contributed by atoms with E-state index in [1.165, 1.54) is 6.07 Å². The molecule has 0 amide bonds. The topological polar surface area (TPSA) is 30.9 Å². The van der Waals surface area contributed by atoms with Crippen LogP contribution in [-0.2, 0) is 6.54 Å². The van der Waals surface area contributed by atoms with Gasteiger partial charge in [-0.2, -0.15) is 0 Å². The number of hydrogen-bond acceptors (Lipinski definition) is 1. The Morgan fingerprint density at radius 2 is 2.18 bits per heavy atom. The Labute approximate surface area is 98.0 Å². The SMILES string of the molecule is C[C@H]1c2cc(F)c(F)c3ccn(c23)CC1(C)N. The van der Waals surface area contributed by atoms with Gasteiger partial charge in [0.2, 0.25) is 0 Å². The lowest BCUT2D eigenvalue weighted by Gasteiger charge is -2.37. The van der Waals surface area contributed by atoms with Crippen LogP contribution in [0.15, 0.2) is 18.3 Å². The minimum Gasteiger partial charge on any atom is -0.345 e. The molecular formula is C13H14F2N2. The fourth-order valence-corrected chi connectivity index (χ4v) is 2.69. The third kappa shape index (κ3) is 1.27. The van der Waals surface area contributed by atoms with Crippen molar-refractivity contribution in [3.63, 3.8) is 0 Å². The Hall–Kier alpha value is -1.42. The van der Waals surface area contributed by atoms with E-state index in [4.69, 9.17) is 5.73 Å². The number of rotatable bonds is 0. The first kappa shape index (κ1) is 10.7. The minimum absolute atomic E-state index is 0.00231. The fraction of sp³-hybridized carbons (Fsp3) is 0.385. The Morgan fingerprint density at radius 3 is 2.88 bits per heavy atom. The summed E-state index contributed by atoms with van der Waals surface area (Å²) in [5.74, 6) is -1.56. The number of nitrogens with two attached hydrogens (primary N) is 1. The molecule has 1 aromatic carbocycles. The second-order valence-corrected chi connectivity index (χ2v) is 5.20. The smallest absolute Gasteiger partial charge is 0.168 e. The van der Waals surface area contributed by atoms with Gasteiger partial charge >= 0.3 is 0 Å². The lowest BCUT2D eigenvalue weighted by Crippen LogP contribution is -2.47. The number of nitrogens with zero attached hydrogens (tertiary/aromatic N) is 1.